The first-order valence-corrected chi connectivity index (χ1v) is 7.46. The zero-order valence-electron chi connectivity index (χ0n) is 10.9. The molecule has 1 aromatic carbocycles. The van der Waals surface area contributed by atoms with E-state index in [1.54, 1.807) is 0 Å². The van der Waals surface area contributed by atoms with E-state index in [4.69, 9.17) is 5.73 Å². The average molecular weight is 300 g/mol. The molecule has 8 heteroatoms. The number of carbonyl (C=O) groups excluding carboxylic acids is 1. The van der Waals surface area contributed by atoms with Gasteiger partial charge in [0.25, 0.3) is 0 Å². The lowest BCUT2D eigenvalue weighted by Gasteiger charge is -2.17. The highest BCUT2D eigenvalue weighted by atomic mass is 32.2. The molecular weight excluding hydrogens is 284 g/mol. The first kappa shape index (κ1) is 14.8. The van der Waals surface area contributed by atoms with Crippen molar-refractivity contribution in [3.8, 4) is 0 Å². The lowest BCUT2D eigenvalue weighted by atomic mass is 10.2. The number of β-amino-alcohol motifs (C(OH)–C–C–N with tert-alkyl or cyclic N) is 1. The fourth-order valence-corrected chi connectivity index (χ4v) is 3.69. The van der Waals surface area contributed by atoms with Crippen molar-refractivity contribution in [1.82, 2.24) is 4.31 Å². The first-order valence-electron chi connectivity index (χ1n) is 6.02. The van der Waals surface area contributed by atoms with Gasteiger partial charge in [0.15, 0.2) is 0 Å². The predicted octanol–water partition coefficient (Wildman–Crippen LogP) is -0.189. The zero-order chi connectivity index (χ0) is 14.9. The lowest BCUT2D eigenvalue weighted by molar-refractivity contribution is 0.0600. The highest BCUT2D eigenvalue weighted by molar-refractivity contribution is 7.89. The van der Waals surface area contributed by atoms with Crippen LogP contribution in [0.25, 0.3) is 0 Å². The Kier molecular flexibility index (Phi) is 3.98. The van der Waals surface area contributed by atoms with Gasteiger partial charge < -0.3 is 15.6 Å². The van der Waals surface area contributed by atoms with Crippen LogP contribution in [0.3, 0.4) is 0 Å². The maximum Gasteiger partial charge on any atom is 0.337 e. The van der Waals surface area contributed by atoms with Crippen molar-refractivity contribution in [1.29, 1.82) is 0 Å². The molecule has 3 N–H and O–H groups in total. The summed E-state index contributed by atoms with van der Waals surface area (Å²) in [7, 11) is -2.52. The normalized spacial score (nSPS) is 20.0. The van der Waals surface area contributed by atoms with Gasteiger partial charge >= 0.3 is 5.97 Å². The smallest absolute Gasteiger partial charge is 0.337 e. The number of benzene rings is 1. The summed E-state index contributed by atoms with van der Waals surface area (Å²) < 4.78 is 30.5. The maximum absolute atomic E-state index is 12.4. The summed E-state index contributed by atoms with van der Waals surface area (Å²) in [5, 5.41) is 9.43. The average Bonchev–Trinajstić information content (AvgIpc) is 2.84. The number of hydrogen-bond acceptors (Lipinski definition) is 6. The second-order valence-corrected chi connectivity index (χ2v) is 6.46. The van der Waals surface area contributed by atoms with E-state index in [2.05, 4.69) is 4.74 Å². The fraction of sp³-hybridized carbons (Fsp3) is 0.417. The highest BCUT2D eigenvalue weighted by Gasteiger charge is 2.32. The Hall–Kier alpha value is -1.64. The van der Waals surface area contributed by atoms with Crippen molar-refractivity contribution >= 4 is 21.7 Å². The van der Waals surface area contributed by atoms with Gasteiger partial charge in [-0.15, -0.1) is 0 Å². The van der Waals surface area contributed by atoms with Crippen LogP contribution in [0.4, 0.5) is 5.69 Å². The van der Waals surface area contributed by atoms with E-state index >= 15 is 0 Å². The number of nitrogen functional groups attached to an aromatic ring is 1. The van der Waals surface area contributed by atoms with Crippen LogP contribution in [-0.2, 0) is 14.8 Å². The molecule has 1 aromatic rings. The molecule has 0 saturated carbocycles. The molecule has 0 aliphatic carbocycles. The minimum absolute atomic E-state index is 0.0192. The van der Waals surface area contributed by atoms with Gasteiger partial charge in [-0.05, 0) is 24.6 Å². The maximum atomic E-state index is 12.4. The molecule has 1 aliphatic heterocycles. The van der Waals surface area contributed by atoms with Crippen molar-refractivity contribution in [3.05, 3.63) is 23.8 Å². The molecule has 2 rings (SSSR count). The van der Waals surface area contributed by atoms with Crippen LogP contribution in [0.2, 0.25) is 0 Å². The van der Waals surface area contributed by atoms with Gasteiger partial charge in [-0.1, -0.05) is 0 Å². The van der Waals surface area contributed by atoms with Crippen molar-refractivity contribution < 1.29 is 23.1 Å². The van der Waals surface area contributed by atoms with Crippen LogP contribution in [0.1, 0.15) is 16.8 Å². The Labute approximate surface area is 117 Å². The van der Waals surface area contributed by atoms with Gasteiger partial charge in [-0.3, -0.25) is 0 Å². The molecule has 0 amide bonds. The minimum atomic E-state index is -3.76. The summed E-state index contributed by atoms with van der Waals surface area (Å²) in [6, 6.07) is 3.90. The van der Waals surface area contributed by atoms with Crippen molar-refractivity contribution in [3.63, 3.8) is 0 Å². The summed E-state index contributed by atoms with van der Waals surface area (Å²) in [5.41, 5.74) is 5.89. The van der Waals surface area contributed by atoms with E-state index in [1.807, 2.05) is 0 Å². The van der Waals surface area contributed by atoms with Crippen LogP contribution in [0.5, 0.6) is 0 Å². The number of esters is 1. The molecule has 1 atom stereocenters. The predicted molar refractivity (Wildman–Crippen MR) is 71.6 cm³/mol. The molecule has 20 heavy (non-hydrogen) atoms. The third-order valence-corrected chi connectivity index (χ3v) is 5.11. The molecule has 7 nitrogen and oxygen atoms in total. The Morgan fingerprint density at radius 1 is 1.50 bits per heavy atom. The number of ether oxygens (including phenoxy) is 1. The molecule has 1 saturated heterocycles. The fourth-order valence-electron chi connectivity index (χ4n) is 2.10. The third-order valence-electron chi connectivity index (χ3n) is 3.17. The minimum Gasteiger partial charge on any atom is -0.465 e. The number of methoxy groups -OCH3 is 1. The monoisotopic (exact) mass is 300 g/mol. The quantitative estimate of drug-likeness (QED) is 0.591. The number of aliphatic hydroxyl groups is 1. The van der Waals surface area contributed by atoms with Crippen molar-refractivity contribution in [2.45, 2.75) is 17.4 Å². The van der Waals surface area contributed by atoms with Crippen molar-refractivity contribution in [2.24, 2.45) is 0 Å². The van der Waals surface area contributed by atoms with Gasteiger partial charge in [0.2, 0.25) is 10.0 Å². The molecule has 1 fully saturated rings. The summed E-state index contributed by atoms with van der Waals surface area (Å²) >= 11 is 0. The van der Waals surface area contributed by atoms with E-state index < -0.39 is 22.1 Å². The molecule has 0 aromatic heterocycles. The van der Waals surface area contributed by atoms with Crippen LogP contribution in [0, 0.1) is 0 Å². The topological polar surface area (TPSA) is 110 Å². The molecule has 110 valence electrons. The number of nitrogens with two attached hydrogens (primary N) is 1. The number of aliphatic hydroxyl groups excluding tert-OH is 1. The molecule has 1 unspecified atom stereocenters. The van der Waals surface area contributed by atoms with Gasteiger partial charge in [0.1, 0.15) is 4.90 Å². The van der Waals surface area contributed by atoms with Crippen molar-refractivity contribution in [2.75, 3.05) is 25.9 Å². The Bertz CT molecular complexity index is 629. The summed E-state index contributed by atoms with van der Waals surface area (Å²) in [5.74, 6) is -0.586. The number of nitrogens with zero attached hydrogens (tertiary/aromatic N) is 1. The molecular formula is C12H16N2O5S. The number of rotatable bonds is 3. The Morgan fingerprint density at radius 2 is 2.20 bits per heavy atom. The van der Waals surface area contributed by atoms with Crippen LogP contribution in [0.15, 0.2) is 23.1 Å². The van der Waals surface area contributed by atoms with Crippen LogP contribution < -0.4 is 5.73 Å². The molecule has 0 radical (unpaired) electrons. The lowest BCUT2D eigenvalue weighted by Crippen LogP contribution is -2.30. The standard InChI is InChI=1S/C12H16N2O5S/c1-19-12(16)8-2-3-11(10(13)6-8)20(17,18)14-5-4-9(15)7-14/h2-3,6,9,15H,4-5,7,13H2,1H3. The summed E-state index contributed by atoms with van der Waals surface area (Å²) in [4.78, 5) is 11.3. The van der Waals surface area contributed by atoms with E-state index in [-0.39, 0.29) is 29.2 Å². The zero-order valence-corrected chi connectivity index (χ0v) is 11.8. The summed E-state index contributed by atoms with van der Waals surface area (Å²) in [6.07, 6.45) is -0.250. The second-order valence-electron chi connectivity index (χ2n) is 4.55. The van der Waals surface area contributed by atoms with E-state index in [0.29, 0.717) is 6.42 Å². The van der Waals surface area contributed by atoms with Gasteiger partial charge in [0, 0.05) is 13.1 Å². The molecule has 0 spiro atoms. The van der Waals surface area contributed by atoms with E-state index in [1.165, 1.54) is 29.6 Å². The largest absolute Gasteiger partial charge is 0.465 e. The molecule has 1 aliphatic rings. The Balaban J connectivity index is 2.35. The molecule has 1 heterocycles. The number of anilines is 1. The molecule has 0 bridgehead atoms. The number of carbonyl (C=O) groups is 1. The van der Waals surface area contributed by atoms with Crippen LogP contribution in [-0.4, -0.2) is 50.1 Å². The SMILES string of the molecule is COC(=O)c1ccc(S(=O)(=O)N2CCC(O)C2)c(N)c1. The third kappa shape index (κ3) is 2.62. The van der Waals surface area contributed by atoms with E-state index in [9.17, 15) is 18.3 Å². The highest BCUT2D eigenvalue weighted by Crippen LogP contribution is 2.26. The van der Waals surface area contributed by atoms with Gasteiger partial charge in [-0.25, -0.2) is 13.2 Å². The number of sulfonamides is 1. The summed E-state index contributed by atoms with van der Waals surface area (Å²) in [6.45, 7) is 0.308. The second kappa shape index (κ2) is 5.39. The van der Waals surface area contributed by atoms with E-state index in [0.717, 1.165) is 0 Å². The van der Waals surface area contributed by atoms with Gasteiger partial charge in [-0.2, -0.15) is 4.31 Å². The van der Waals surface area contributed by atoms with Gasteiger partial charge in [0.05, 0.1) is 24.5 Å². The van der Waals surface area contributed by atoms with Crippen LogP contribution >= 0.6 is 0 Å². The first-order chi connectivity index (χ1) is 9.36. The number of hydrogen-bond donors (Lipinski definition) is 2. The Morgan fingerprint density at radius 3 is 2.70 bits per heavy atom.